The number of aliphatic imine (C=N–C) groups is 3. The third kappa shape index (κ3) is 4.80. The minimum atomic E-state index is 0.517. The van der Waals surface area contributed by atoms with E-state index in [0.717, 1.165) is 49.8 Å². The van der Waals surface area contributed by atoms with Crippen molar-refractivity contribution in [3.05, 3.63) is 144 Å². The molecule has 0 spiro atoms. The quantitative estimate of drug-likeness (QED) is 0.177. The zero-order valence-corrected chi connectivity index (χ0v) is 20.8. The summed E-state index contributed by atoms with van der Waals surface area (Å²) in [7, 11) is 0. The van der Waals surface area contributed by atoms with Crippen LogP contribution in [0.5, 0.6) is 0 Å². The van der Waals surface area contributed by atoms with E-state index >= 15 is 0 Å². The maximum atomic E-state index is 6.10. The molecule has 38 heavy (non-hydrogen) atoms. The molecule has 4 heteroatoms. The highest BCUT2D eigenvalue weighted by atomic mass is 16.3. The summed E-state index contributed by atoms with van der Waals surface area (Å²) in [4.78, 5) is 13.9. The van der Waals surface area contributed by atoms with Crippen molar-refractivity contribution in [3.63, 3.8) is 0 Å². The molecule has 4 nitrogen and oxygen atoms in total. The van der Waals surface area contributed by atoms with Crippen molar-refractivity contribution >= 4 is 40.3 Å². The number of hydrogen-bond donors (Lipinski definition) is 0. The number of amidine groups is 2. The van der Waals surface area contributed by atoms with Crippen molar-refractivity contribution < 1.29 is 4.42 Å². The van der Waals surface area contributed by atoms with Gasteiger partial charge in [-0.2, -0.15) is 0 Å². The smallest absolute Gasteiger partial charge is 0.161 e. The number of hydrogen-bond acceptors (Lipinski definition) is 2. The predicted octanol–water partition coefficient (Wildman–Crippen LogP) is 8.35. The molecule has 5 aromatic carbocycles. The second kappa shape index (κ2) is 10.5. The maximum absolute atomic E-state index is 6.10. The van der Waals surface area contributed by atoms with E-state index in [4.69, 9.17) is 14.4 Å². The third-order valence-corrected chi connectivity index (χ3v) is 6.50. The first-order chi connectivity index (χ1) is 18.8. The molecule has 1 heterocycles. The van der Waals surface area contributed by atoms with Gasteiger partial charge in [-0.15, -0.1) is 0 Å². The van der Waals surface area contributed by atoms with Crippen LogP contribution >= 0.6 is 0 Å². The summed E-state index contributed by atoms with van der Waals surface area (Å²) in [6, 6.07) is 42.8. The van der Waals surface area contributed by atoms with Crippen LogP contribution in [0.15, 0.2) is 147 Å². The van der Waals surface area contributed by atoms with E-state index in [1.165, 1.54) is 0 Å². The van der Waals surface area contributed by atoms with Crippen molar-refractivity contribution in [3.8, 4) is 11.1 Å². The van der Waals surface area contributed by atoms with E-state index in [1.54, 1.807) is 0 Å². The minimum Gasteiger partial charge on any atom is -0.456 e. The first-order valence-corrected chi connectivity index (χ1v) is 12.5. The molecular weight excluding hydrogens is 466 g/mol. The van der Waals surface area contributed by atoms with Crippen LogP contribution in [0.3, 0.4) is 0 Å². The molecule has 0 bridgehead atoms. The van der Waals surface area contributed by atoms with Crippen LogP contribution in [-0.4, -0.2) is 18.4 Å². The standard InChI is InChI=1S/C34H25N3O/c1-35-33(26-12-6-3-7-13-26)37-34(36-23-24-10-4-2-5-11-24)27-18-16-25(17-19-27)28-20-21-30-29-14-8-9-15-31(29)38-32(30)22-28/h2-22H,1,23H2/b36-34-,37-33-. The Morgan fingerprint density at radius 1 is 0.579 bits per heavy atom. The van der Waals surface area contributed by atoms with Gasteiger partial charge in [0.1, 0.15) is 11.2 Å². The van der Waals surface area contributed by atoms with Crippen molar-refractivity contribution in [1.82, 2.24) is 0 Å². The Hall–Kier alpha value is -5.09. The fourth-order valence-electron chi connectivity index (χ4n) is 4.54. The number of fused-ring (bicyclic) bond motifs is 3. The molecule has 182 valence electrons. The van der Waals surface area contributed by atoms with Crippen LogP contribution in [0.1, 0.15) is 16.7 Å². The van der Waals surface area contributed by atoms with Gasteiger partial charge in [-0.3, -0.25) is 4.99 Å². The summed E-state index contributed by atoms with van der Waals surface area (Å²) in [5.74, 6) is 1.15. The Morgan fingerprint density at radius 2 is 1.21 bits per heavy atom. The fourth-order valence-corrected chi connectivity index (χ4v) is 4.54. The SMILES string of the molecule is C=N/C(=N\C(=N/Cc1ccccc1)c1ccc(-c2ccc3c(c2)oc2ccccc23)cc1)c1ccccc1. The molecule has 0 saturated carbocycles. The van der Waals surface area contributed by atoms with Gasteiger partial charge in [0.2, 0.25) is 0 Å². The molecule has 0 aliphatic carbocycles. The van der Waals surface area contributed by atoms with Crippen molar-refractivity contribution in [2.24, 2.45) is 15.0 Å². The molecule has 0 amide bonds. The van der Waals surface area contributed by atoms with Crippen LogP contribution < -0.4 is 0 Å². The lowest BCUT2D eigenvalue weighted by molar-refractivity contribution is 0.669. The minimum absolute atomic E-state index is 0.517. The molecule has 0 atom stereocenters. The molecular formula is C34H25N3O. The topological polar surface area (TPSA) is 50.2 Å². The highest BCUT2D eigenvalue weighted by Crippen LogP contribution is 2.32. The van der Waals surface area contributed by atoms with Crippen LogP contribution in [-0.2, 0) is 6.54 Å². The van der Waals surface area contributed by atoms with Gasteiger partial charge in [-0.05, 0) is 41.6 Å². The molecule has 6 aromatic rings. The molecule has 0 saturated heterocycles. The van der Waals surface area contributed by atoms with E-state index in [2.05, 4.69) is 72.4 Å². The predicted molar refractivity (Wildman–Crippen MR) is 158 cm³/mol. The number of rotatable bonds is 5. The summed E-state index contributed by atoms with van der Waals surface area (Å²) in [5, 5.41) is 2.25. The van der Waals surface area contributed by atoms with Gasteiger partial charge in [0.15, 0.2) is 11.7 Å². The van der Waals surface area contributed by atoms with Crippen molar-refractivity contribution in [1.29, 1.82) is 0 Å². The van der Waals surface area contributed by atoms with E-state index in [1.807, 2.05) is 66.7 Å². The van der Waals surface area contributed by atoms with Gasteiger partial charge >= 0.3 is 0 Å². The Labute approximate surface area is 221 Å². The Kier molecular flexibility index (Phi) is 6.44. The van der Waals surface area contributed by atoms with Crippen LogP contribution in [0.2, 0.25) is 0 Å². The Bertz CT molecular complexity index is 1780. The van der Waals surface area contributed by atoms with Gasteiger partial charge in [-0.25, -0.2) is 9.98 Å². The molecule has 0 radical (unpaired) electrons. The Balaban J connectivity index is 1.36. The van der Waals surface area contributed by atoms with Gasteiger partial charge in [0, 0.05) is 21.9 Å². The second-order valence-electron chi connectivity index (χ2n) is 8.97. The number of nitrogens with zero attached hydrogens (tertiary/aromatic N) is 3. The van der Waals surface area contributed by atoms with Crippen LogP contribution in [0.4, 0.5) is 0 Å². The first kappa shape index (κ1) is 23.3. The van der Waals surface area contributed by atoms with E-state index in [0.29, 0.717) is 18.2 Å². The lowest BCUT2D eigenvalue weighted by atomic mass is 10.0. The third-order valence-electron chi connectivity index (χ3n) is 6.50. The molecule has 0 aliphatic rings. The number of furan rings is 1. The summed E-state index contributed by atoms with van der Waals surface area (Å²) in [6.07, 6.45) is 0. The normalized spacial score (nSPS) is 12.2. The van der Waals surface area contributed by atoms with Gasteiger partial charge in [0.25, 0.3) is 0 Å². The molecule has 0 aliphatic heterocycles. The zero-order valence-electron chi connectivity index (χ0n) is 20.8. The lowest BCUT2D eigenvalue weighted by Gasteiger charge is -2.08. The van der Waals surface area contributed by atoms with Gasteiger partial charge < -0.3 is 4.42 Å². The van der Waals surface area contributed by atoms with Crippen molar-refractivity contribution in [2.75, 3.05) is 0 Å². The van der Waals surface area contributed by atoms with Gasteiger partial charge in [0.05, 0.1) is 6.54 Å². The summed E-state index contributed by atoms with van der Waals surface area (Å²) in [6.45, 7) is 4.27. The van der Waals surface area contributed by atoms with Crippen LogP contribution in [0, 0.1) is 0 Å². The molecule has 0 N–H and O–H groups in total. The highest BCUT2D eigenvalue weighted by molar-refractivity contribution is 6.12. The lowest BCUT2D eigenvalue weighted by Crippen LogP contribution is -2.05. The fraction of sp³-hybridized carbons (Fsp3) is 0.0294. The van der Waals surface area contributed by atoms with Gasteiger partial charge in [-0.1, -0.05) is 109 Å². The van der Waals surface area contributed by atoms with E-state index in [-0.39, 0.29) is 0 Å². The number of para-hydroxylation sites is 1. The average molecular weight is 492 g/mol. The highest BCUT2D eigenvalue weighted by Gasteiger charge is 2.10. The Morgan fingerprint density at radius 3 is 1.97 bits per heavy atom. The summed E-state index contributed by atoms with van der Waals surface area (Å²) in [5.41, 5.74) is 6.88. The summed E-state index contributed by atoms with van der Waals surface area (Å²) >= 11 is 0. The molecule has 0 fully saturated rings. The second-order valence-corrected chi connectivity index (χ2v) is 8.97. The molecule has 0 unspecified atom stereocenters. The van der Waals surface area contributed by atoms with Crippen molar-refractivity contribution in [2.45, 2.75) is 6.54 Å². The zero-order chi connectivity index (χ0) is 25.7. The van der Waals surface area contributed by atoms with Crippen LogP contribution in [0.25, 0.3) is 33.1 Å². The monoisotopic (exact) mass is 491 g/mol. The average Bonchev–Trinajstić information content (AvgIpc) is 3.36. The van der Waals surface area contributed by atoms with E-state index in [9.17, 15) is 0 Å². The number of benzene rings is 5. The molecule has 1 aromatic heterocycles. The van der Waals surface area contributed by atoms with E-state index < -0.39 is 0 Å². The largest absolute Gasteiger partial charge is 0.456 e. The molecule has 6 rings (SSSR count). The maximum Gasteiger partial charge on any atom is 0.161 e. The first-order valence-electron chi connectivity index (χ1n) is 12.5. The summed E-state index contributed by atoms with van der Waals surface area (Å²) < 4.78 is 6.10.